The van der Waals surface area contributed by atoms with Crippen molar-refractivity contribution in [2.24, 2.45) is 0 Å². The van der Waals surface area contributed by atoms with Crippen molar-refractivity contribution < 1.29 is 4.79 Å². The highest BCUT2D eigenvalue weighted by Crippen LogP contribution is 2.24. The van der Waals surface area contributed by atoms with Crippen molar-refractivity contribution in [3.05, 3.63) is 57.2 Å². The molecule has 1 atom stereocenters. The van der Waals surface area contributed by atoms with E-state index in [1.807, 2.05) is 49.3 Å². The molecule has 0 radical (unpaired) electrons. The van der Waals surface area contributed by atoms with Crippen LogP contribution in [0.15, 0.2) is 42.5 Å². The molecule has 0 saturated carbocycles. The molecule has 0 aliphatic heterocycles. The van der Waals surface area contributed by atoms with E-state index >= 15 is 0 Å². The van der Waals surface area contributed by atoms with Crippen LogP contribution in [0.1, 0.15) is 15.2 Å². The Kier molecular flexibility index (Phi) is 4.75. The Labute approximate surface area is 122 Å². The smallest absolute Gasteiger partial charge is 0.190 e. The summed E-state index contributed by atoms with van der Waals surface area (Å²) in [6.07, 6.45) is 0.711. The van der Waals surface area contributed by atoms with Gasteiger partial charge in [-0.15, -0.1) is 11.3 Å². The minimum absolute atomic E-state index is 0.130. The minimum Gasteiger partial charge on any atom is -0.299 e. The van der Waals surface area contributed by atoms with Crippen LogP contribution in [0.4, 0.5) is 0 Å². The number of thiophene rings is 1. The maximum Gasteiger partial charge on any atom is 0.190 e. The van der Waals surface area contributed by atoms with Gasteiger partial charge in [-0.3, -0.25) is 9.69 Å². The van der Waals surface area contributed by atoms with E-state index in [0.29, 0.717) is 10.8 Å². The molecule has 0 aliphatic rings. The number of carbonyl (C=O) groups excluding carboxylic acids is 1. The maximum absolute atomic E-state index is 12.5. The third-order valence-corrected chi connectivity index (χ3v) is 4.26. The Morgan fingerprint density at radius 1 is 1.21 bits per heavy atom. The van der Waals surface area contributed by atoms with Gasteiger partial charge in [0.2, 0.25) is 0 Å². The van der Waals surface area contributed by atoms with Crippen molar-refractivity contribution in [2.45, 2.75) is 12.5 Å². The molecule has 0 unspecified atom stereocenters. The predicted molar refractivity (Wildman–Crippen MR) is 81.3 cm³/mol. The zero-order valence-corrected chi connectivity index (χ0v) is 12.5. The second-order valence-corrected chi connectivity index (χ2v) is 6.35. The predicted octanol–water partition coefficient (Wildman–Crippen LogP) is 3.76. The highest BCUT2D eigenvalue weighted by atomic mass is 35.5. The fourth-order valence-corrected chi connectivity index (χ4v) is 2.99. The average Bonchev–Trinajstić information content (AvgIpc) is 2.83. The first-order chi connectivity index (χ1) is 9.08. The Balaban J connectivity index is 2.19. The third kappa shape index (κ3) is 3.66. The van der Waals surface area contributed by atoms with Gasteiger partial charge in [0.25, 0.3) is 0 Å². The number of halogens is 1. The first kappa shape index (κ1) is 14.3. The van der Waals surface area contributed by atoms with Gasteiger partial charge in [0, 0.05) is 0 Å². The molecule has 0 amide bonds. The fourth-order valence-electron chi connectivity index (χ4n) is 1.96. The largest absolute Gasteiger partial charge is 0.299 e. The van der Waals surface area contributed by atoms with E-state index in [-0.39, 0.29) is 11.8 Å². The summed E-state index contributed by atoms with van der Waals surface area (Å²) in [4.78, 5) is 15.2. The van der Waals surface area contributed by atoms with Crippen LogP contribution in [-0.2, 0) is 6.42 Å². The highest BCUT2D eigenvalue weighted by molar-refractivity contribution is 7.18. The molecule has 1 aromatic heterocycles. The fraction of sp³-hybridized carbons (Fsp3) is 0.267. The van der Waals surface area contributed by atoms with Gasteiger partial charge in [0.05, 0.1) is 15.3 Å². The molecule has 2 aromatic rings. The Morgan fingerprint density at radius 2 is 1.89 bits per heavy atom. The molecule has 0 bridgehead atoms. The van der Waals surface area contributed by atoms with Crippen molar-refractivity contribution in [3.8, 4) is 0 Å². The van der Waals surface area contributed by atoms with Crippen molar-refractivity contribution in [1.29, 1.82) is 0 Å². The molecule has 2 rings (SSSR count). The van der Waals surface area contributed by atoms with Crippen LogP contribution in [0.2, 0.25) is 4.34 Å². The zero-order valence-electron chi connectivity index (χ0n) is 11.0. The quantitative estimate of drug-likeness (QED) is 0.783. The van der Waals surface area contributed by atoms with Gasteiger partial charge >= 0.3 is 0 Å². The van der Waals surface area contributed by atoms with E-state index in [1.165, 1.54) is 11.3 Å². The summed E-state index contributed by atoms with van der Waals surface area (Å²) in [6, 6.07) is 13.5. The Hall–Kier alpha value is -1.16. The van der Waals surface area contributed by atoms with Gasteiger partial charge in [0.1, 0.15) is 0 Å². The summed E-state index contributed by atoms with van der Waals surface area (Å²) in [5, 5.41) is 0. The topological polar surface area (TPSA) is 20.3 Å². The van der Waals surface area contributed by atoms with Gasteiger partial charge in [-0.05, 0) is 38.2 Å². The normalized spacial score (nSPS) is 12.6. The van der Waals surface area contributed by atoms with Crippen molar-refractivity contribution in [3.63, 3.8) is 0 Å². The number of hydrogen-bond donors (Lipinski definition) is 0. The molecular formula is C15H16ClNOS. The number of Topliss-reactive ketones (excluding diaryl/α,β-unsaturated/α-hetero) is 1. The maximum atomic E-state index is 12.5. The summed E-state index contributed by atoms with van der Waals surface area (Å²) in [6.45, 7) is 0. The van der Waals surface area contributed by atoms with Crippen LogP contribution in [-0.4, -0.2) is 30.8 Å². The lowest BCUT2D eigenvalue weighted by Crippen LogP contribution is -2.37. The average molecular weight is 294 g/mol. The number of hydrogen-bond acceptors (Lipinski definition) is 3. The molecule has 0 N–H and O–H groups in total. The van der Waals surface area contributed by atoms with Gasteiger partial charge in [0.15, 0.2) is 5.78 Å². The number of nitrogens with zero attached hydrogens (tertiary/aromatic N) is 1. The molecule has 1 heterocycles. The van der Waals surface area contributed by atoms with Crippen LogP contribution in [0.5, 0.6) is 0 Å². The van der Waals surface area contributed by atoms with Gasteiger partial charge < -0.3 is 0 Å². The zero-order chi connectivity index (χ0) is 13.8. The van der Waals surface area contributed by atoms with Crippen molar-refractivity contribution >= 4 is 28.7 Å². The lowest BCUT2D eigenvalue weighted by Gasteiger charge is -2.22. The van der Waals surface area contributed by atoms with Crippen LogP contribution in [0.3, 0.4) is 0 Å². The summed E-state index contributed by atoms with van der Waals surface area (Å²) >= 11 is 7.24. The molecule has 0 spiro atoms. The number of benzene rings is 1. The SMILES string of the molecule is CN(C)[C@@H](Cc1ccccc1)C(=O)c1ccc(Cl)s1. The minimum atomic E-state index is -0.155. The third-order valence-electron chi connectivity index (χ3n) is 3.01. The number of rotatable bonds is 5. The van der Waals surface area contributed by atoms with E-state index in [1.54, 1.807) is 12.1 Å². The Morgan fingerprint density at radius 3 is 2.42 bits per heavy atom. The highest BCUT2D eigenvalue weighted by Gasteiger charge is 2.23. The molecule has 0 aliphatic carbocycles. The summed E-state index contributed by atoms with van der Waals surface area (Å²) in [7, 11) is 3.86. The number of ketones is 1. The first-order valence-electron chi connectivity index (χ1n) is 6.08. The van der Waals surface area contributed by atoms with E-state index in [9.17, 15) is 4.79 Å². The van der Waals surface area contributed by atoms with Gasteiger partial charge in [-0.25, -0.2) is 0 Å². The molecule has 0 saturated heterocycles. The van der Waals surface area contributed by atoms with Gasteiger partial charge in [-0.1, -0.05) is 41.9 Å². The number of carbonyl (C=O) groups is 1. The summed E-state index contributed by atoms with van der Waals surface area (Å²) in [5.41, 5.74) is 1.16. The van der Waals surface area contributed by atoms with Crippen LogP contribution in [0.25, 0.3) is 0 Å². The lowest BCUT2D eigenvalue weighted by molar-refractivity contribution is 0.0879. The standard InChI is InChI=1S/C15H16ClNOS/c1-17(2)12(10-11-6-4-3-5-7-11)15(18)13-8-9-14(16)19-13/h3-9,12H,10H2,1-2H3/t12-/m0/s1. The van der Waals surface area contributed by atoms with E-state index in [0.717, 1.165) is 10.4 Å². The van der Waals surface area contributed by atoms with Crippen molar-refractivity contribution in [1.82, 2.24) is 4.90 Å². The van der Waals surface area contributed by atoms with Gasteiger partial charge in [-0.2, -0.15) is 0 Å². The van der Waals surface area contributed by atoms with Crippen LogP contribution in [0, 0.1) is 0 Å². The lowest BCUT2D eigenvalue weighted by atomic mass is 10.0. The first-order valence-corrected chi connectivity index (χ1v) is 7.27. The van der Waals surface area contributed by atoms with E-state index in [4.69, 9.17) is 11.6 Å². The molecular weight excluding hydrogens is 278 g/mol. The van der Waals surface area contributed by atoms with E-state index < -0.39 is 0 Å². The molecule has 2 nitrogen and oxygen atoms in total. The van der Waals surface area contributed by atoms with E-state index in [2.05, 4.69) is 0 Å². The second kappa shape index (κ2) is 6.33. The summed E-state index contributed by atoms with van der Waals surface area (Å²) < 4.78 is 0.653. The summed E-state index contributed by atoms with van der Waals surface area (Å²) in [5.74, 6) is 0.130. The molecule has 19 heavy (non-hydrogen) atoms. The molecule has 4 heteroatoms. The monoisotopic (exact) mass is 293 g/mol. The van der Waals surface area contributed by atoms with Crippen LogP contribution >= 0.6 is 22.9 Å². The molecule has 100 valence electrons. The molecule has 1 aromatic carbocycles. The van der Waals surface area contributed by atoms with Crippen molar-refractivity contribution in [2.75, 3.05) is 14.1 Å². The second-order valence-electron chi connectivity index (χ2n) is 4.64. The number of likely N-dealkylation sites (N-methyl/N-ethyl adjacent to an activating group) is 1. The molecule has 0 fully saturated rings. The Bertz CT molecular complexity index is 550. The van der Waals surface area contributed by atoms with Crippen LogP contribution < -0.4 is 0 Å².